The number of allylic oxidation sites excluding steroid dienone is 2. The minimum absolute atomic E-state index is 0.105. The fraction of sp³-hybridized carbons (Fsp3) is 0.250. The SMILES string of the molecule is O=C1[C@H]2CC=CC[C@@H]2C(=O)N1CN(C(=O)c1ccco1)c1ccccc1Cl. The molecule has 0 N–H and O–H groups in total. The predicted octanol–water partition coefficient (Wildman–Crippen LogP) is 3.49. The van der Waals surface area contributed by atoms with Crippen molar-refractivity contribution in [3.8, 4) is 0 Å². The molecular weight excluding hydrogens is 368 g/mol. The van der Waals surface area contributed by atoms with Crippen molar-refractivity contribution in [1.29, 1.82) is 0 Å². The number of hydrogen-bond donors (Lipinski definition) is 0. The van der Waals surface area contributed by atoms with Gasteiger partial charge in [-0.3, -0.25) is 24.2 Å². The summed E-state index contributed by atoms with van der Waals surface area (Å²) in [4.78, 5) is 41.0. The Bertz CT molecular complexity index is 896. The number of halogens is 1. The number of fused-ring (bicyclic) bond motifs is 1. The van der Waals surface area contributed by atoms with Gasteiger partial charge in [-0.15, -0.1) is 0 Å². The fourth-order valence-electron chi connectivity index (χ4n) is 3.60. The normalized spacial score (nSPS) is 21.4. The Morgan fingerprint density at radius 3 is 2.33 bits per heavy atom. The summed E-state index contributed by atoms with van der Waals surface area (Å²) in [5.74, 6) is -1.57. The van der Waals surface area contributed by atoms with Crippen molar-refractivity contribution in [2.45, 2.75) is 12.8 Å². The van der Waals surface area contributed by atoms with E-state index < -0.39 is 5.91 Å². The van der Waals surface area contributed by atoms with Crippen molar-refractivity contribution in [2.75, 3.05) is 11.6 Å². The third kappa shape index (κ3) is 3.06. The number of hydrogen-bond acceptors (Lipinski definition) is 4. The summed E-state index contributed by atoms with van der Waals surface area (Å²) >= 11 is 6.28. The summed E-state index contributed by atoms with van der Waals surface area (Å²) in [5.41, 5.74) is 0.411. The topological polar surface area (TPSA) is 70.8 Å². The van der Waals surface area contributed by atoms with Gasteiger partial charge in [-0.25, -0.2) is 0 Å². The summed E-state index contributed by atoms with van der Waals surface area (Å²) < 4.78 is 5.22. The van der Waals surface area contributed by atoms with Crippen LogP contribution in [0.2, 0.25) is 5.02 Å². The van der Waals surface area contributed by atoms with Crippen LogP contribution in [0.1, 0.15) is 23.4 Å². The fourth-order valence-corrected chi connectivity index (χ4v) is 3.84. The van der Waals surface area contributed by atoms with E-state index in [0.29, 0.717) is 23.6 Å². The first-order valence-electron chi connectivity index (χ1n) is 8.68. The molecule has 1 aromatic heterocycles. The van der Waals surface area contributed by atoms with E-state index in [9.17, 15) is 14.4 Å². The minimum atomic E-state index is -0.471. The van der Waals surface area contributed by atoms with E-state index >= 15 is 0 Å². The molecule has 27 heavy (non-hydrogen) atoms. The van der Waals surface area contributed by atoms with Crippen LogP contribution in [-0.2, 0) is 9.59 Å². The number of carbonyl (C=O) groups excluding carboxylic acids is 3. The minimum Gasteiger partial charge on any atom is -0.459 e. The standard InChI is InChI=1S/C20H17ClN2O4/c21-15-8-3-4-9-16(15)22(20(26)17-10-5-11-27-17)12-23-18(24)13-6-1-2-7-14(13)19(23)25/h1-5,8-11,13-14H,6-7,12H2/t13-,14-/m0/s1. The van der Waals surface area contributed by atoms with Crippen molar-refractivity contribution < 1.29 is 18.8 Å². The summed E-state index contributed by atoms with van der Waals surface area (Å²) in [6, 6.07) is 9.93. The lowest BCUT2D eigenvalue weighted by molar-refractivity contribution is -0.139. The Morgan fingerprint density at radius 2 is 1.74 bits per heavy atom. The third-order valence-corrected chi connectivity index (χ3v) is 5.32. The van der Waals surface area contributed by atoms with Crippen LogP contribution in [0.15, 0.2) is 59.2 Å². The van der Waals surface area contributed by atoms with Crippen LogP contribution in [0.25, 0.3) is 0 Å². The lowest BCUT2D eigenvalue weighted by Gasteiger charge is -2.27. The van der Waals surface area contributed by atoms with E-state index in [1.807, 2.05) is 12.2 Å². The summed E-state index contributed by atoms with van der Waals surface area (Å²) in [7, 11) is 0. The third-order valence-electron chi connectivity index (χ3n) is 5.00. The highest BCUT2D eigenvalue weighted by atomic mass is 35.5. The van der Waals surface area contributed by atoms with E-state index in [2.05, 4.69) is 0 Å². The molecule has 0 unspecified atom stereocenters. The molecule has 1 aromatic carbocycles. The molecule has 4 rings (SSSR count). The van der Waals surface area contributed by atoms with Crippen molar-refractivity contribution >= 4 is 35.0 Å². The average molecular weight is 385 g/mol. The quantitative estimate of drug-likeness (QED) is 0.597. The number of anilines is 1. The van der Waals surface area contributed by atoms with Gasteiger partial charge in [0.25, 0.3) is 5.91 Å². The molecule has 6 nitrogen and oxygen atoms in total. The molecule has 2 aromatic rings. The van der Waals surface area contributed by atoms with Gasteiger partial charge >= 0.3 is 0 Å². The van der Waals surface area contributed by atoms with Gasteiger partial charge in [-0.1, -0.05) is 35.9 Å². The molecule has 1 aliphatic carbocycles. The van der Waals surface area contributed by atoms with Crippen LogP contribution in [0.3, 0.4) is 0 Å². The molecule has 1 saturated heterocycles. The first kappa shape index (κ1) is 17.5. The van der Waals surface area contributed by atoms with Crippen LogP contribution in [-0.4, -0.2) is 29.3 Å². The number of furan rings is 1. The summed E-state index contributed by atoms with van der Waals surface area (Å²) in [5, 5.41) is 0.343. The number of likely N-dealkylation sites (tertiary alicyclic amines) is 1. The maximum atomic E-state index is 13.0. The highest BCUT2D eigenvalue weighted by Gasteiger charge is 2.48. The van der Waals surface area contributed by atoms with E-state index in [4.69, 9.17) is 16.0 Å². The number of carbonyl (C=O) groups is 3. The molecule has 1 aliphatic heterocycles. The average Bonchev–Trinajstić information content (AvgIpc) is 3.30. The number of rotatable bonds is 4. The maximum Gasteiger partial charge on any atom is 0.295 e. The molecule has 1 fully saturated rings. The van der Waals surface area contributed by atoms with Crippen LogP contribution < -0.4 is 4.90 Å². The van der Waals surface area contributed by atoms with Crippen molar-refractivity contribution in [3.63, 3.8) is 0 Å². The van der Waals surface area contributed by atoms with Gasteiger partial charge in [-0.2, -0.15) is 0 Å². The van der Waals surface area contributed by atoms with Crippen LogP contribution >= 0.6 is 11.6 Å². The number of imide groups is 1. The second-order valence-corrected chi connectivity index (χ2v) is 6.97. The number of nitrogens with zero attached hydrogens (tertiary/aromatic N) is 2. The molecule has 0 bridgehead atoms. The maximum absolute atomic E-state index is 13.0. The van der Waals surface area contributed by atoms with E-state index in [0.717, 1.165) is 4.90 Å². The zero-order valence-corrected chi connectivity index (χ0v) is 15.1. The number of amides is 3. The first-order valence-corrected chi connectivity index (χ1v) is 9.06. The second kappa shape index (κ2) is 7.04. The zero-order chi connectivity index (χ0) is 19.0. The zero-order valence-electron chi connectivity index (χ0n) is 14.4. The van der Waals surface area contributed by atoms with Gasteiger partial charge in [0.05, 0.1) is 28.8 Å². The van der Waals surface area contributed by atoms with Gasteiger partial charge in [0.15, 0.2) is 5.76 Å². The monoisotopic (exact) mass is 384 g/mol. The molecule has 7 heteroatoms. The molecule has 0 radical (unpaired) electrons. The van der Waals surface area contributed by atoms with Gasteiger partial charge < -0.3 is 4.42 Å². The van der Waals surface area contributed by atoms with Crippen molar-refractivity contribution in [1.82, 2.24) is 4.90 Å². The largest absolute Gasteiger partial charge is 0.459 e. The van der Waals surface area contributed by atoms with E-state index in [1.54, 1.807) is 30.3 Å². The van der Waals surface area contributed by atoms with Gasteiger partial charge in [0, 0.05) is 0 Å². The highest BCUT2D eigenvalue weighted by Crippen LogP contribution is 2.36. The van der Waals surface area contributed by atoms with Crippen LogP contribution in [0.4, 0.5) is 5.69 Å². The molecule has 0 spiro atoms. The molecule has 2 heterocycles. The second-order valence-electron chi connectivity index (χ2n) is 6.56. The first-order chi connectivity index (χ1) is 13.1. The van der Waals surface area contributed by atoms with E-state index in [-0.39, 0.29) is 36.1 Å². The lowest BCUT2D eigenvalue weighted by Crippen LogP contribution is -2.45. The smallest absolute Gasteiger partial charge is 0.295 e. The highest BCUT2D eigenvalue weighted by molar-refractivity contribution is 6.34. The van der Waals surface area contributed by atoms with Gasteiger partial charge in [-0.05, 0) is 37.1 Å². The number of benzene rings is 1. The molecule has 138 valence electrons. The molecule has 2 aliphatic rings. The Hall–Kier alpha value is -2.86. The van der Waals surface area contributed by atoms with Crippen molar-refractivity contribution in [3.05, 3.63) is 65.6 Å². The summed E-state index contributed by atoms with van der Waals surface area (Å²) in [6.07, 6.45) is 6.34. The van der Waals surface area contributed by atoms with Gasteiger partial charge in [0.2, 0.25) is 11.8 Å². The van der Waals surface area contributed by atoms with Crippen molar-refractivity contribution in [2.24, 2.45) is 11.8 Å². The molecular formula is C20H17ClN2O4. The summed E-state index contributed by atoms with van der Waals surface area (Å²) in [6.45, 7) is -0.200. The van der Waals surface area contributed by atoms with Gasteiger partial charge in [0.1, 0.15) is 6.67 Å². The number of para-hydroxylation sites is 1. The predicted molar refractivity (Wildman–Crippen MR) is 99.0 cm³/mol. The Morgan fingerprint density at radius 1 is 1.07 bits per heavy atom. The van der Waals surface area contributed by atoms with Crippen LogP contribution in [0, 0.1) is 11.8 Å². The molecule has 2 atom stereocenters. The van der Waals surface area contributed by atoms with E-state index in [1.165, 1.54) is 17.2 Å². The molecule has 3 amide bonds. The lowest BCUT2D eigenvalue weighted by atomic mass is 9.85. The Balaban J connectivity index is 1.68. The Kier molecular flexibility index (Phi) is 4.58. The molecule has 0 saturated carbocycles. The van der Waals surface area contributed by atoms with Crippen LogP contribution in [0.5, 0.6) is 0 Å². The Labute approximate surface area is 161 Å².